The molecule has 0 aromatic rings. The molecule has 2 aliphatic rings. The van der Waals surface area contributed by atoms with Gasteiger partial charge in [-0.05, 0) is 50.0 Å². The fourth-order valence-corrected chi connectivity index (χ4v) is 4.43. The first-order chi connectivity index (χ1) is 9.93. The van der Waals surface area contributed by atoms with Crippen molar-refractivity contribution < 1.29 is 5.11 Å². The normalized spacial score (nSPS) is 32.6. The Morgan fingerprint density at radius 3 is 2.38 bits per heavy atom. The van der Waals surface area contributed by atoms with E-state index in [0.717, 1.165) is 31.8 Å². The van der Waals surface area contributed by atoms with Crippen molar-refractivity contribution in [3.05, 3.63) is 0 Å². The lowest BCUT2D eigenvalue weighted by molar-refractivity contribution is 0.0107. The minimum Gasteiger partial charge on any atom is -0.393 e. The SMILES string of the molecule is CCCC(C)(CNCC(C)C)CN1C2CCC1CC(O)C2. The second-order valence-corrected chi connectivity index (χ2v) is 8.27. The molecule has 0 aliphatic carbocycles. The van der Waals surface area contributed by atoms with Crippen molar-refractivity contribution in [2.24, 2.45) is 11.3 Å². The van der Waals surface area contributed by atoms with Crippen LogP contribution in [0, 0.1) is 11.3 Å². The van der Waals surface area contributed by atoms with Gasteiger partial charge >= 0.3 is 0 Å². The van der Waals surface area contributed by atoms with Crippen molar-refractivity contribution in [3.8, 4) is 0 Å². The largest absolute Gasteiger partial charge is 0.393 e. The summed E-state index contributed by atoms with van der Waals surface area (Å²) in [6.45, 7) is 12.7. The molecular formula is C18H36N2O. The third-order valence-corrected chi connectivity index (χ3v) is 5.38. The van der Waals surface area contributed by atoms with Gasteiger partial charge in [0.05, 0.1) is 6.10 Å². The molecule has 2 N–H and O–H groups in total. The van der Waals surface area contributed by atoms with Gasteiger partial charge in [0.25, 0.3) is 0 Å². The van der Waals surface area contributed by atoms with E-state index in [1.807, 2.05) is 0 Å². The average Bonchev–Trinajstić information content (AvgIpc) is 2.62. The van der Waals surface area contributed by atoms with Gasteiger partial charge in [-0.1, -0.05) is 34.1 Å². The third kappa shape index (κ3) is 4.67. The number of aliphatic hydroxyl groups excluding tert-OH is 1. The number of piperidine rings is 1. The van der Waals surface area contributed by atoms with Crippen LogP contribution in [0.3, 0.4) is 0 Å². The zero-order valence-electron chi connectivity index (χ0n) is 14.6. The Kier molecular flexibility index (Phi) is 6.10. The molecule has 2 saturated heterocycles. The van der Waals surface area contributed by atoms with Gasteiger partial charge in [-0.25, -0.2) is 0 Å². The highest BCUT2D eigenvalue weighted by Crippen LogP contribution is 2.38. The topological polar surface area (TPSA) is 35.5 Å². The fraction of sp³-hybridized carbons (Fsp3) is 1.00. The second kappa shape index (κ2) is 7.43. The number of nitrogens with one attached hydrogen (secondary N) is 1. The van der Waals surface area contributed by atoms with E-state index in [4.69, 9.17) is 0 Å². The van der Waals surface area contributed by atoms with E-state index in [2.05, 4.69) is 37.9 Å². The quantitative estimate of drug-likeness (QED) is 0.723. The summed E-state index contributed by atoms with van der Waals surface area (Å²) in [6, 6.07) is 1.28. The van der Waals surface area contributed by atoms with Crippen LogP contribution in [0.4, 0.5) is 0 Å². The van der Waals surface area contributed by atoms with E-state index in [0.29, 0.717) is 17.5 Å². The first kappa shape index (κ1) is 17.2. The van der Waals surface area contributed by atoms with Crippen molar-refractivity contribution in [1.82, 2.24) is 10.2 Å². The van der Waals surface area contributed by atoms with Gasteiger partial charge in [-0.3, -0.25) is 4.90 Å². The molecular weight excluding hydrogens is 260 g/mol. The molecule has 3 nitrogen and oxygen atoms in total. The maximum Gasteiger partial charge on any atom is 0.0570 e. The van der Waals surface area contributed by atoms with Crippen LogP contribution >= 0.6 is 0 Å². The Bertz CT molecular complexity index is 306. The number of nitrogens with zero attached hydrogens (tertiary/aromatic N) is 1. The number of fused-ring (bicyclic) bond motifs is 2. The predicted molar refractivity (Wildman–Crippen MR) is 89.5 cm³/mol. The lowest BCUT2D eigenvalue weighted by atomic mass is 9.83. The van der Waals surface area contributed by atoms with Crippen LogP contribution in [-0.4, -0.2) is 47.8 Å². The van der Waals surface area contributed by atoms with Crippen LogP contribution in [0.5, 0.6) is 0 Å². The lowest BCUT2D eigenvalue weighted by Crippen LogP contribution is -2.51. The minimum atomic E-state index is -0.0461. The summed E-state index contributed by atoms with van der Waals surface area (Å²) in [5.74, 6) is 0.720. The van der Waals surface area contributed by atoms with Crippen LogP contribution < -0.4 is 5.32 Å². The minimum absolute atomic E-state index is 0.0461. The monoisotopic (exact) mass is 296 g/mol. The number of hydrogen-bond donors (Lipinski definition) is 2. The van der Waals surface area contributed by atoms with E-state index in [1.165, 1.54) is 32.2 Å². The zero-order chi connectivity index (χ0) is 15.5. The van der Waals surface area contributed by atoms with Crippen LogP contribution in [0.2, 0.25) is 0 Å². The smallest absolute Gasteiger partial charge is 0.0570 e. The summed E-state index contributed by atoms with van der Waals surface area (Å²) < 4.78 is 0. The van der Waals surface area contributed by atoms with Crippen LogP contribution in [0.15, 0.2) is 0 Å². The summed E-state index contributed by atoms with van der Waals surface area (Å²) in [7, 11) is 0. The molecule has 2 bridgehead atoms. The molecule has 3 unspecified atom stereocenters. The van der Waals surface area contributed by atoms with Gasteiger partial charge in [0.1, 0.15) is 0 Å². The standard InChI is InChI=1S/C18H36N2O/c1-5-8-18(4,12-19-11-14(2)3)13-20-15-6-7-16(20)10-17(21)9-15/h14-17,19,21H,5-13H2,1-4H3. The Labute approximate surface area is 131 Å². The Hall–Kier alpha value is -0.120. The zero-order valence-corrected chi connectivity index (χ0v) is 14.6. The molecule has 0 aromatic heterocycles. The van der Waals surface area contributed by atoms with Crippen LogP contribution in [-0.2, 0) is 0 Å². The molecule has 124 valence electrons. The molecule has 0 saturated carbocycles. The van der Waals surface area contributed by atoms with Crippen molar-refractivity contribution in [2.75, 3.05) is 19.6 Å². The molecule has 2 fully saturated rings. The van der Waals surface area contributed by atoms with Crippen LogP contribution in [0.25, 0.3) is 0 Å². The molecule has 3 heteroatoms. The highest BCUT2D eigenvalue weighted by molar-refractivity contribution is 4.97. The number of rotatable bonds is 8. The van der Waals surface area contributed by atoms with Crippen molar-refractivity contribution in [3.63, 3.8) is 0 Å². The predicted octanol–water partition coefficient (Wildman–Crippen LogP) is 3.03. The van der Waals surface area contributed by atoms with E-state index >= 15 is 0 Å². The average molecular weight is 296 g/mol. The van der Waals surface area contributed by atoms with Crippen molar-refractivity contribution in [2.45, 2.75) is 84.4 Å². The van der Waals surface area contributed by atoms with E-state index in [9.17, 15) is 5.11 Å². The number of aliphatic hydroxyl groups is 1. The number of hydrogen-bond acceptors (Lipinski definition) is 3. The third-order valence-electron chi connectivity index (χ3n) is 5.38. The molecule has 2 rings (SSSR count). The molecule has 0 radical (unpaired) electrons. The Morgan fingerprint density at radius 1 is 1.24 bits per heavy atom. The summed E-state index contributed by atoms with van der Waals surface area (Å²) in [5.41, 5.74) is 0.368. The second-order valence-electron chi connectivity index (χ2n) is 8.27. The van der Waals surface area contributed by atoms with Gasteiger partial charge in [0.15, 0.2) is 0 Å². The van der Waals surface area contributed by atoms with Crippen molar-refractivity contribution >= 4 is 0 Å². The van der Waals surface area contributed by atoms with Crippen molar-refractivity contribution in [1.29, 1.82) is 0 Å². The van der Waals surface area contributed by atoms with E-state index in [1.54, 1.807) is 0 Å². The molecule has 0 aromatic carbocycles. The van der Waals surface area contributed by atoms with Gasteiger partial charge in [-0.15, -0.1) is 0 Å². The fourth-order valence-electron chi connectivity index (χ4n) is 4.43. The maximum absolute atomic E-state index is 9.97. The van der Waals surface area contributed by atoms with E-state index < -0.39 is 0 Å². The lowest BCUT2D eigenvalue weighted by Gasteiger charge is -2.43. The van der Waals surface area contributed by atoms with Gasteiger partial charge in [0, 0.05) is 25.2 Å². The molecule has 3 atom stereocenters. The highest BCUT2D eigenvalue weighted by Gasteiger charge is 2.42. The molecule has 0 amide bonds. The van der Waals surface area contributed by atoms with E-state index in [-0.39, 0.29) is 6.10 Å². The first-order valence-electron chi connectivity index (χ1n) is 9.08. The van der Waals surface area contributed by atoms with Gasteiger partial charge in [0.2, 0.25) is 0 Å². The summed E-state index contributed by atoms with van der Waals surface area (Å²) in [5, 5.41) is 13.7. The highest BCUT2D eigenvalue weighted by atomic mass is 16.3. The molecule has 2 aliphatic heterocycles. The first-order valence-corrected chi connectivity index (χ1v) is 9.08. The molecule has 2 heterocycles. The summed E-state index contributed by atoms with van der Waals surface area (Å²) >= 11 is 0. The van der Waals surface area contributed by atoms with Gasteiger partial charge in [-0.2, -0.15) is 0 Å². The maximum atomic E-state index is 9.97. The summed E-state index contributed by atoms with van der Waals surface area (Å²) in [4.78, 5) is 2.74. The Morgan fingerprint density at radius 2 is 1.86 bits per heavy atom. The molecule has 0 spiro atoms. The van der Waals surface area contributed by atoms with Crippen LogP contribution in [0.1, 0.15) is 66.2 Å². The molecule has 21 heavy (non-hydrogen) atoms. The Balaban J connectivity index is 1.92. The van der Waals surface area contributed by atoms with Gasteiger partial charge < -0.3 is 10.4 Å². The summed E-state index contributed by atoms with van der Waals surface area (Å²) in [6.07, 6.45) is 7.08.